The first-order chi connectivity index (χ1) is 9.08. The molecule has 0 radical (unpaired) electrons. The van der Waals surface area contributed by atoms with Crippen molar-refractivity contribution in [2.75, 3.05) is 0 Å². The van der Waals surface area contributed by atoms with Crippen molar-refractivity contribution in [2.45, 2.75) is 25.7 Å². The Morgan fingerprint density at radius 3 is 3.05 bits per heavy atom. The smallest absolute Gasteiger partial charge is 0.333 e. The Kier molecular flexibility index (Phi) is 2.39. The van der Waals surface area contributed by atoms with E-state index in [1.54, 1.807) is 6.07 Å². The number of hydrogen-bond donors (Lipinski definition) is 1. The van der Waals surface area contributed by atoms with Crippen LogP contribution in [0.2, 0.25) is 0 Å². The molecule has 0 fully saturated rings. The van der Waals surface area contributed by atoms with Crippen LogP contribution in [0.3, 0.4) is 0 Å². The van der Waals surface area contributed by atoms with Crippen LogP contribution in [0.5, 0.6) is 11.5 Å². The van der Waals surface area contributed by atoms with E-state index >= 15 is 0 Å². The monoisotopic (exact) mass is 255 g/mol. The first kappa shape index (κ1) is 11.8. The van der Waals surface area contributed by atoms with E-state index in [0.717, 1.165) is 11.1 Å². The van der Waals surface area contributed by atoms with Crippen molar-refractivity contribution in [3.05, 3.63) is 35.4 Å². The van der Waals surface area contributed by atoms with Crippen molar-refractivity contribution in [1.29, 1.82) is 5.26 Å². The summed E-state index contributed by atoms with van der Waals surface area (Å²) in [6, 6.07) is 7.16. The minimum absolute atomic E-state index is 0.0513. The number of carbonyl (C=O) groups excluding carboxylic acids is 1. The Bertz CT molecular complexity index is 641. The highest BCUT2D eigenvalue weighted by Gasteiger charge is 2.53. The lowest BCUT2D eigenvalue weighted by Crippen LogP contribution is -2.44. The van der Waals surface area contributed by atoms with Crippen molar-refractivity contribution < 1.29 is 14.6 Å². The normalized spacial score (nSPS) is 28.5. The van der Waals surface area contributed by atoms with E-state index in [-0.39, 0.29) is 17.4 Å². The fourth-order valence-electron chi connectivity index (χ4n) is 2.94. The Balaban J connectivity index is 2.24. The number of carbonyl (C=O) groups is 1. The van der Waals surface area contributed by atoms with E-state index < -0.39 is 11.4 Å². The van der Waals surface area contributed by atoms with Crippen molar-refractivity contribution in [3.8, 4) is 17.6 Å². The van der Waals surface area contributed by atoms with Gasteiger partial charge < -0.3 is 9.84 Å². The number of benzene rings is 1. The molecular weight excluding hydrogens is 242 g/mol. The molecule has 0 aromatic heterocycles. The van der Waals surface area contributed by atoms with Gasteiger partial charge in [0.25, 0.3) is 0 Å². The lowest BCUT2D eigenvalue weighted by molar-refractivity contribution is -0.146. The number of nitriles is 1. The average molecular weight is 255 g/mol. The maximum absolute atomic E-state index is 12.2. The van der Waals surface area contributed by atoms with Crippen LogP contribution in [-0.2, 0) is 4.79 Å². The minimum Gasteiger partial charge on any atom is -0.504 e. The van der Waals surface area contributed by atoms with Crippen LogP contribution in [0.25, 0.3) is 0 Å². The van der Waals surface area contributed by atoms with Gasteiger partial charge in [-0.3, -0.25) is 0 Å². The third-order valence-corrected chi connectivity index (χ3v) is 4.05. The minimum atomic E-state index is -1.15. The molecule has 3 rings (SSSR count). The van der Waals surface area contributed by atoms with Crippen LogP contribution in [-0.4, -0.2) is 11.1 Å². The Morgan fingerprint density at radius 1 is 1.53 bits per heavy atom. The average Bonchev–Trinajstić information content (AvgIpc) is 2.40. The zero-order chi connectivity index (χ0) is 13.6. The molecule has 0 saturated carbocycles. The maximum Gasteiger partial charge on any atom is 0.333 e. The number of nitrogens with zero attached hydrogens (tertiary/aromatic N) is 1. The molecule has 1 aromatic rings. The van der Waals surface area contributed by atoms with Crippen LogP contribution in [0.4, 0.5) is 0 Å². The molecule has 0 amide bonds. The molecule has 2 aliphatic rings. The molecule has 0 saturated heterocycles. The summed E-state index contributed by atoms with van der Waals surface area (Å²) in [5.74, 6) is -0.647. The molecule has 1 aliphatic carbocycles. The molecule has 1 heterocycles. The van der Waals surface area contributed by atoms with Gasteiger partial charge in [-0.2, -0.15) is 5.26 Å². The summed E-state index contributed by atoms with van der Waals surface area (Å²) in [6.07, 6.45) is 2.93. The predicted octanol–water partition coefficient (Wildman–Crippen LogP) is 2.64. The number of phenolic OH excluding ortho intramolecular Hbond substituents is 1. The summed E-state index contributed by atoms with van der Waals surface area (Å²) in [5.41, 5.74) is 0.744. The molecule has 19 heavy (non-hydrogen) atoms. The molecule has 0 unspecified atom stereocenters. The Morgan fingerprint density at radius 2 is 2.32 bits per heavy atom. The molecule has 1 N–H and O–H groups in total. The molecule has 0 spiro atoms. The quantitative estimate of drug-likeness (QED) is 0.439. The third kappa shape index (κ3) is 1.48. The highest BCUT2D eigenvalue weighted by molar-refractivity contribution is 5.87. The summed E-state index contributed by atoms with van der Waals surface area (Å²) in [5, 5.41) is 19.3. The van der Waals surface area contributed by atoms with E-state index in [0.29, 0.717) is 12.8 Å². The highest BCUT2D eigenvalue weighted by Crippen LogP contribution is 2.54. The lowest BCUT2D eigenvalue weighted by Gasteiger charge is -2.40. The fourth-order valence-corrected chi connectivity index (χ4v) is 2.94. The number of phenols is 1. The van der Waals surface area contributed by atoms with Crippen molar-refractivity contribution >= 4 is 5.97 Å². The van der Waals surface area contributed by atoms with Gasteiger partial charge in [-0.1, -0.05) is 23.8 Å². The van der Waals surface area contributed by atoms with Gasteiger partial charge in [-0.25, -0.2) is 4.79 Å². The number of ether oxygens (including phenoxy) is 1. The van der Waals surface area contributed by atoms with Crippen LogP contribution in [0.15, 0.2) is 29.8 Å². The molecule has 1 aliphatic heterocycles. The van der Waals surface area contributed by atoms with Gasteiger partial charge in [0, 0.05) is 11.5 Å². The van der Waals surface area contributed by atoms with Crippen molar-refractivity contribution in [1.82, 2.24) is 0 Å². The zero-order valence-corrected chi connectivity index (χ0v) is 10.5. The largest absolute Gasteiger partial charge is 0.504 e. The predicted molar refractivity (Wildman–Crippen MR) is 67.5 cm³/mol. The topological polar surface area (TPSA) is 70.3 Å². The summed E-state index contributed by atoms with van der Waals surface area (Å²) in [6.45, 7) is 1.99. The second-order valence-corrected chi connectivity index (χ2v) is 5.18. The van der Waals surface area contributed by atoms with Crippen LogP contribution >= 0.6 is 0 Å². The number of fused-ring (bicyclic) bond motifs is 3. The lowest BCUT2D eigenvalue weighted by atomic mass is 9.64. The van der Waals surface area contributed by atoms with Gasteiger partial charge >= 0.3 is 5.97 Å². The van der Waals surface area contributed by atoms with E-state index in [4.69, 9.17) is 4.74 Å². The Hall–Kier alpha value is -2.28. The number of aromatic hydroxyl groups is 1. The molecular formula is C15H13NO3. The second kappa shape index (κ2) is 3.86. The van der Waals surface area contributed by atoms with E-state index in [1.807, 2.05) is 19.1 Å². The van der Waals surface area contributed by atoms with Crippen LogP contribution in [0, 0.1) is 16.7 Å². The first-order valence-corrected chi connectivity index (χ1v) is 6.19. The maximum atomic E-state index is 12.2. The van der Waals surface area contributed by atoms with E-state index in [2.05, 4.69) is 6.07 Å². The third-order valence-electron chi connectivity index (χ3n) is 4.05. The second-order valence-electron chi connectivity index (χ2n) is 5.18. The summed E-state index contributed by atoms with van der Waals surface area (Å²) < 4.78 is 5.22. The number of allylic oxidation sites excluding steroid dienone is 2. The van der Waals surface area contributed by atoms with E-state index in [1.165, 1.54) is 6.07 Å². The van der Waals surface area contributed by atoms with Crippen molar-refractivity contribution in [3.63, 3.8) is 0 Å². The molecule has 2 atom stereocenters. The summed E-state index contributed by atoms with van der Waals surface area (Å²) in [4.78, 5) is 12.2. The molecule has 4 nitrogen and oxygen atoms in total. The molecule has 0 bridgehead atoms. The SMILES string of the molecule is CC1=CC[C@]2(C#N)C(=O)Oc3c(O)cccc3[C@@H]2C1. The number of para-hydroxylation sites is 1. The van der Waals surface area contributed by atoms with Crippen LogP contribution in [0.1, 0.15) is 31.2 Å². The number of hydrogen-bond acceptors (Lipinski definition) is 4. The van der Waals surface area contributed by atoms with Crippen LogP contribution < -0.4 is 4.74 Å². The zero-order valence-electron chi connectivity index (χ0n) is 10.5. The van der Waals surface area contributed by atoms with E-state index in [9.17, 15) is 15.2 Å². The van der Waals surface area contributed by atoms with Gasteiger partial charge in [0.2, 0.25) is 0 Å². The van der Waals surface area contributed by atoms with Gasteiger partial charge in [-0.15, -0.1) is 0 Å². The molecule has 4 heteroatoms. The van der Waals surface area contributed by atoms with Gasteiger partial charge in [-0.05, 0) is 25.8 Å². The van der Waals surface area contributed by atoms with Gasteiger partial charge in [0.15, 0.2) is 16.9 Å². The molecule has 1 aromatic carbocycles. The number of rotatable bonds is 0. The fraction of sp³-hybridized carbons (Fsp3) is 0.333. The Labute approximate surface area is 110 Å². The molecule has 96 valence electrons. The van der Waals surface area contributed by atoms with Crippen molar-refractivity contribution in [2.24, 2.45) is 5.41 Å². The van der Waals surface area contributed by atoms with Gasteiger partial charge in [0.1, 0.15) is 0 Å². The summed E-state index contributed by atoms with van der Waals surface area (Å²) >= 11 is 0. The highest BCUT2D eigenvalue weighted by atomic mass is 16.5. The standard InChI is InChI=1S/C15H13NO3/c1-9-5-6-15(8-16)11(7-9)10-3-2-4-12(17)13(10)19-14(15)18/h2-5,11,17H,6-7H2,1H3/t11-,15+/m0/s1. The summed E-state index contributed by atoms with van der Waals surface area (Å²) in [7, 11) is 0. The first-order valence-electron chi connectivity index (χ1n) is 6.19. The van der Waals surface area contributed by atoms with Gasteiger partial charge in [0.05, 0.1) is 6.07 Å². The number of esters is 1.